The van der Waals surface area contributed by atoms with E-state index in [-0.39, 0.29) is 18.5 Å². The number of hydrogen-bond donors (Lipinski definition) is 1. The van der Waals surface area contributed by atoms with Gasteiger partial charge in [-0.25, -0.2) is 4.39 Å². The molecule has 0 bridgehead atoms. The van der Waals surface area contributed by atoms with Crippen molar-refractivity contribution < 1.29 is 18.6 Å². The minimum Gasteiger partial charge on any atom is -0.494 e. The first-order valence-electron chi connectivity index (χ1n) is 7.74. The summed E-state index contributed by atoms with van der Waals surface area (Å²) >= 11 is 0. The molecule has 2 aromatic carbocycles. The zero-order chi connectivity index (χ0) is 16.1. The highest BCUT2D eigenvalue weighted by Crippen LogP contribution is 2.35. The van der Waals surface area contributed by atoms with Crippen LogP contribution in [0.5, 0.6) is 17.2 Å². The molecule has 1 aliphatic rings. The predicted octanol–water partition coefficient (Wildman–Crippen LogP) is 3.46. The second kappa shape index (κ2) is 7.33. The standard InChI is InChI=1S/C18H20FNO3/c19-15-4-6-16(7-5-15)21-9-1-2-14(11-20)13-3-8-17-18(10-13)23-12-22-17/h3-8,10,14H,1-2,9,11-12,20H2. The molecule has 4 nitrogen and oxygen atoms in total. The molecule has 23 heavy (non-hydrogen) atoms. The van der Waals surface area contributed by atoms with Gasteiger partial charge < -0.3 is 19.9 Å². The average molecular weight is 317 g/mol. The number of benzene rings is 2. The maximum atomic E-state index is 12.8. The molecule has 1 unspecified atom stereocenters. The highest BCUT2D eigenvalue weighted by Gasteiger charge is 2.17. The van der Waals surface area contributed by atoms with E-state index in [9.17, 15) is 4.39 Å². The summed E-state index contributed by atoms with van der Waals surface area (Å²) in [7, 11) is 0. The van der Waals surface area contributed by atoms with Crippen LogP contribution in [0.15, 0.2) is 42.5 Å². The van der Waals surface area contributed by atoms with Crippen molar-refractivity contribution in [3.63, 3.8) is 0 Å². The molecule has 0 saturated heterocycles. The number of rotatable bonds is 7. The Bertz CT molecular complexity index is 645. The second-order valence-electron chi connectivity index (χ2n) is 5.49. The van der Waals surface area contributed by atoms with Gasteiger partial charge in [0.15, 0.2) is 11.5 Å². The summed E-state index contributed by atoms with van der Waals surface area (Å²) in [6.07, 6.45) is 1.78. The lowest BCUT2D eigenvalue weighted by Crippen LogP contribution is -2.13. The quantitative estimate of drug-likeness (QED) is 0.795. The van der Waals surface area contributed by atoms with E-state index < -0.39 is 0 Å². The molecule has 2 N–H and O–H groups in total. The third kappa shape index (κ3) is 3.93. The molecule has 1 atom stereocenters. The smallest absolute Gasteiger partial charge is 0.231 e. The zero-order valence-corrected chi connectivity index (χ0v) is 12.8. The summed E-state index contributed by atoms with van der Waals surface area (Å²) in [6, 6.07) is 12.0. The second-order valence-corrected chi connectivity index (χ2v) is 5.49. The van der Waals surface area contributed by atoms with Crippen LogP contribution in [-0.4, -0.2) is 19.9 Å². The topological polar surface area (TPSA) is 53.7 Å². The van der Waals surface area contributed by atoms with Gasteiger partial charge in [0.2, 0.25) is 6.79 Å². The van der Waals surface area contributed by atoms with Crippen LogP contribution in [0.2, 0.25) is 0 Å². The fourth-order valence-electron chi connectivity index (χ4n) is 2.64. The summed E-state index contributed by atoms with van der Waals surface area (Å²) in [4.78, 5) is 0. The van der Waals surface area contributed by atoms with Gasteiger partial charge in [-0.15, -0.1) is 0 Å². The molecule has 0 spiro atoms. The minimum atomic E-state index is -0.261. The van der Waals surface area contributed by atoms with Crippen molar-refractivity contribution >= 4 is 0 Å². The molecule has 122 valence electrons. The number of halogens is 1. The number of ether oxygens (including phenoxy) is 3. The monoisotopic (exact) mass is 317 g/mol. The van der Waals surface area contributed by atoms with Crippen LogP contribution in [0.4, 0.5) is 4.39 Å². The SMILES string of the molecule is NCC(CCCOc1ccc(F)cc1)c1ccc2c(c1)OCO2. The van der Waals surface area contributed by atoms with Gasteiger partial charge in [-0.05, 0) is 67.3 Å². The summed E-state index contributed by atoms with van der Waals surface area (Å²) in [5.41, 5.74) is 7.06. The lowest BCUT2D eigenvalue weighted by Gasteiger charge is -2.16. The molecule has 0 aromatic heterocycles. The summed E-state index contributed by atoms with van der Waals surface area (Å²) in [5.74, 6) is 2.23. The van der Waals surface area contributed by atoms with Crippen LogP contribution in [0.25, 0.3) is 0 Å². The molecular formula is C18H20FNO3. The highest BCUT2D eigenvalue weighted by molar-refractivity contribution is 5.45. The number of nitrogens with two attached hydrogens (primary N) is 1. The Hall–Kier alpha value is -2.27. The Morgan fingerprint density at radius 3 is 2.65 bits per heavy atom. The fraction of sp³-hybridized carbons (Fsp3) is 0.333. The first-order chi connectivity index (χ1) is 11.3. The van der Waals surface area contributed by atoms with E-state index >= 15 is 0 Å². The third-order valence-electron chi connectivity index (χ3n) is 3.93. The molecule has 5 heteroatoms. The Morgan fingerprint density at radius 2 is 1.87 bits per heavy atom. The van der Waals surface area contributed by atoms with Crippen LogP contribution < -0.4 is 19.9 Å². The van der Waals surface area contributed by atoms with Gasteiger partial charge in [-0.1, -0.05) is 6.07 Å². The van der Waals surface area contributed by atoms with E-state index in [0.717, 1.165) is 29.9 Å². The molecule has 0 radical (unpaired) electrons. The first kappa shape index (κ1) is 15.6. The molecule has 0 amide bonds. The van der Waals surface area contributed by atoms with E-state index in [1.54, 1.807) is 12.1 Å². The fourth-order valence-corrected chi connectivity index (χ4v) is 2.64. The number of fused-ring (bicyclic) bond motifs is 1. The van der Waals surface area contributed by atoms with Crippen LogP contribution >= 0.6 is 0 Å². The van der Waals surface area contributed by atoms with E-state index in [4.69, 9.17) is 19.9 Å². The van der Waals surface area contributed by atoms with Gasteiger partial charge in [0, 0.05) is 0 Å². The lowest BCUT2D eigenvalue weighted by molar-refractivity contribution is 0.174. The summed E-state index contributed by atoms with van der Waals surface area (Å²) in [5, 5.41) is 0. The predicted molar refractivity (Wildman–Crippen MR) is 85.5 cm³/mol. The molecule has 0 saturated carbocycles. The van der Waals surface area contributed by atoms with Crippen LogP contribution in [0.3, 0.4) is 0 Å². The third-order valence-corrected chi connectivity index (χ3v) is 3.93. The summed E-state index contributed by atoms with van der Waals surface area (Å²) < 4.78 is 29.2. The van der Waals surface area contributed by atoms with Crippen molar-refractivity contribution in [3.05, 3.63) is 53.8 Å². The molecular weight excluding hydrogens is 297 g/mol. The zero-order valence-electron chi connectivity index (χ0n) is 12.8. The van der Waals surface area contributed by atoms with E-state index in [0.29, 0.717) is 18.9 Å². The van der Waals surface area contributed by atoms with Crippen molar-refractivity contribution in [2.75, 3.05) is 19.9 Å². The van der Waals surface area contributed by atoms with Crippen molar-refractivity contribution in [3.8, 4) is 17.2 Å². The van der Waals surface area contributed by atoms with Crippen molar-refractivity contribution in [2.45, 2.75) is 18.8 Å². The molecule has 0 fully saturated rings. The molecule has 1 heterocycles. The van der Waals surface area contributed by atoms with Crippen LogP contribution in [0, 0.1) is 5.82 Å². The minimum absolute atomic E-state index is 0.251. The van der Waals surface area contributed by atoms with Crippen LogP contribution in [0.1, 0.15) is 24.3 Å². The van der Waals surface area contributed by atoms with E-state index in [1.165, 1.54) is 12.1 Å². The first-order valence-corrected chi connectivity index (χ1v) is 7.74. The van der Waals surface area contributed by atoms with Gasteiger partial charge in [0.05, 0.1) is 6.61 Å². The molecule has 2 aromatic rings. The average Bonchev–Trinajstić information content (AvgIpc) is 3.04. The lowest BCUT2D eigenvalue weighted by atomic mass is 9.94. The Kier molecular flexibility index (Phi) is 4.98. The largest absolute Gasteiger partial charge is 0.494 e. The van der Waals surface area contributed by atoms with Gasteiger partial charge in [-0.3, -0.25) is 0 Å². The van der Waals surface area contributed by atoms with Gasteiger partial charge in [-0.2, -0.15) is 0 Å². The number of hydrogen-bond acceptors (Lipinski definition) is 4. The van der Waals surface area contributed by atoms with Crippen molar-refractivity contribution in [1.29, 1.82) is 0 Å². The van der Waals surface area contributed by atoms with E-state index in [2.05, 4.69) is 0 Å². The maximum Gasteiger partial charge on any atom is 0.231 e. The molecule has 3 rings (SSSR count). The normalized spacial score (nSPS) is 13.8. The maximum absolute atomic E-state index is 12.8. The Labute approximate surface area is 135 Å². The van der Waals surface area contributed by atoms with Crippen molar-refractivity contribution in [2.24, 2.45) is 5.73 Å². The van der Waals surface area contributed by atoms with Crippen molar-refractivity contribution in [1.82, 2.24) is 0 Å². The van der Waals surface area contributed by atoms with Gasteiger partial charge in [0.25, 0.3) is 0 Å². The van der Waals surface area contributed by atoms with Crippen LogP contribution in [-0.2, 0) is 0 Å². The summed E-state index contributed by atoms with van der Waals surface area (Å²) in [6.45, 7) is 1.42. The van der Waals surface area contributed by atoms with Gasteiger partial charge >= 0.3 is 0 Å². The molecule has 0 aliphatic carbocycles. The molecule has 1 aliphatic heterocycles. The Balaban J connectivity index is 1.50. The highest BCUT2D eigenvalue weighted by atomic mass is 19.1. The van der Waals surface area contributed by atoms with E-state index in [1.807, 2.05) is 18.2 Å². The van der Waals surface area contributed by atoms with Gasteiger partial charge in [0.1, 0.15) is 11.6 Å². The Morgan fingerprint density at radius 1 is 1.09 bits per heavy atom.